The van der Waals surface area contributed by atoms with E-state index >= 15 is 0 Å². The maximum atomic E-state index is 4.29. The third-order valence-corrected chi connectivity index (χ3v) is 2.95. The van der Waals surface area contributed by atoms with Crippen LogP contribution in [-0.4, -0.2) is 18.1 Å². The number of hydrogen-bond donors (Lipinski definition) is 0. The van der Waals surface area contributed by atoms with Crippen molar-refractivity contribution < 1.29 is 0 Å². The van der Waals surface area contributed by atoms with Crippen LogP contribution in [0.25, 0.3) is 0 Å². The highest BCUT2D eigenvalue weighted by atomic mass is 15.2. The van der Waals surface area contributed by atoms with Gasteiger partial charge in [-0.2, -0.15) is 0 Å². The molecule has 2 aliphatic rings. The van der Waals surface area contributed by atoms with Crippen molar-refractivity contribution in [2.45, 2.75) is 32.6 Å². The second-order valence-corrected chi connectivity index (χ2v) is 4.56. The maximum absolute atomic E-state index is 4.29. The lowest BCUT2D eigenvalue weighted by Crippen LogP contribution is -2.18. The van der Waals surface area contributed by atoms with E-state index in [0.29, 0.717) is 0 Å². The lowest BCUT2D eigenvalue weighted by molar-refractivity contribution is 0.938. The van der Waals surface area contributed by atoms with E-state index in [4.69, 9.17) is 0 Å². The van der Waals surface area contributed by atoms with Gasteiger partial charge in [-0.05, 0) is 30.9 Å². The normalized spacial score (nSPS) is 19.7. The molecule has 1 saturated heterocycles. The maximum Gasteiger partial charge on any atom is 0.128 e. The zero-order valence-corrected chi connectivity index (χ0v) is 9.52. The largest absolute Gasteiger partial charge is 0.357 e. The van der Waals surface area contributed by atoms with Gasteiger partial charge in [0.15, 0.2) is 0 Å². The van der Waals surface area contributed by atoms with Crippen LogP contribution in [0.3, 0.4) is 0 Å². The molecule has 0 atom stereocenters. The van der Waals surface area contributed by atoms with Crippen LogP contribution in [0.4, 0.5) is 5.82 Å². The van der Waals surface area contributed by atoms with Crippen LogP contribution in [-0.2, 0) is 0 Å². The number of rotatable bonds is 1. The minimum Gasteiger partial charge on any atom is -0.357 e. The molecule has 0 radical (unpaired) electrons. The van der Waals surface area contributed by atoms with Gasteiger partial charge >= 0.3 is 0 Å². The fraction of sp³-hybridized carbons (Fsp3) is 0.615. The molecule has 15 heavy (non-hydrogen) atoms. The summed E-state index contributed by atoms with van der Waals surface area (Å²) in [7, 11) is 0. The predicted molar refractivity (Wildman–Crippen MR) is 64.1 cm³/mol. The molecule has 2 heterocycles. The Labute approximate surface area is 92.3 Å². The molecule has 2 fully saturated rings. The van der Waals surface area contributed by atoms with Crippen molar-refractivity contribution >= 4 is 5.82 Å². The molecule has 2 nitrogen and oxygen atoms in total. The Bertz CT molecular complexity index is 274. The van der Waals surface area contributed by atoms with Crippen LogP contribution in [0.1, 0.15) is 32.6 Å². The summed E-state index contributed by atoms with van der Waals surface area (Å²) in [6.45, 7) is 4.63. The molecular weight excluding hydrogens is 184 g/mol. The van der Waals surface area contributed by atoms with E-state index in [9.17, 15) is 0 Å². The Kier molecular flexibility index (Phi) is 3.59. The number of nitrogens with zero attached hydrogens (tertiary/aromatic N) is 2. The minimum atomic E-state index is 1.08. The van der Waals surface area contributed by atoms with Gasteiger partial charge in [-0.15, -0.1) is 0 Å². The smallest absolute Gasteiger partial charge is 0.128 e. The molecule has 82 valence electrons. The summed E-state index contributed by atoms with van der Waals surface area (Å²) in [4.78, 5) is 6.62. The summed E-state index contributed by atoms with van der Waals surface area (Å²) in [5.41, 5.74) is 0. The van der Waals surface area contributed by atoms with Gasteiger partial charge < -0.3 is 4.90 Å². The second kappa shape index (κ2) is 5.15. The van der Waals surface area contributed by atoms with E-state index in [1.165, 1.54) is 38.8 Å². The molecule has 1 aliphatic carbocycles. The molecule has 0 N–H and O–H groups in total. The van der Waals surface area contributed by atoms with Crippen molar-refractivity contribution in [2.24, 2.45) is 5.92 Å². The first-order valence-corrected chi connectivity index (χ1v) is 6.02. The van der Waals surface area contributed by atoms with Gasteiger partial charge in [0, 0.05) is 19.3 Å². The highest BCUT2D eigenvalue weighted by Crippen LogP contribution is 2.26. The van der Waals surface area contributed by atoms with Gasteiger partial charge in [-0.25, -0.2) is 4.98 Å². The average Bonchev–Trinajstić information content (AvgIpc) is 2.90. The van der Waals surface area contributed by atoms with Crippen LogP contribution in [0.5, 0.6) is 0 Å². The quantitative estimate of drug-likeness (QED) is 0.698. The summed E-state index contributed by atoms with van der Waals surface area (Å²) < 4.78 is 0. The third kappa shape index (κ3) is 3.54. The van der Waals surface area contributed by atoms with Gasteiger partial charge in [0.25, 0.3) is 0 Å². The zero-order valence-electron chi connectivity index (χ0n) is 9.52. The van der Waals surface area contributed by atoms with Crippen molar-refractivity contribution in [1.29, 1.82) is 0 Å². The van der Waals surface area contributed by atoms with Crippen LogP contribution < -0.4 is 4.90 Å². The SMILES string of the molecule is CC1CC1.c1ccc(N2CCCC2)nc1. The number of anilines is 1. The molecule has 1 saturated carbocycles. The van der Waals surface area contributed by atoms with E-state index in [2.05, 4.69) is 22.9 Å². The number of aromatic nitrogens is 1. The summed E-state index contributed by atoms with van der Waals surface area (Å²) in [6.07, 6.45) is 7.46. The first-order chi connectivity index (χ1) is 7.36. The summed E-state index contributed by atoms with van der Waals surface area (Å²) in [5, 5.41) is 0. The van der Waals surface area contributed by atoms with Gasteiger partial charge in [-0.3, -0.25) is 0 Å². The van der Waals surface area contributed by atoms with Crippen LogP contribution in [0, 0.1) is 5.92 Å². The lowest BCUT2D eigenvalue weighted by atomic mass is 10.4. The fourth-order valence-electron chi connectivity index (χ4n) is 1.65. The number of hydrogen-bond acceptors (Lipinski definition) is 2. The zero-order chi connectivity index (χ0) is 10.5. The minimum absolute atomic E-state index is 1.08. The highest BCUT2D eigenvalue weighted by molar-refractivity contribution is 5.38. The van der Waals surface area contributed by atoms with Crippen molar-refractivity contribution in [1.82, 2.24) is 4.98 Å². The first-order valence-electron chi connectivity index (χ1n) is 6.02. The molecular formula is C13H20N2. The molecule has 0 unspecified atom stereocenters. The van der Waals surface area contributed by atoms with E-state index in [-0.39, 0.29) is 0 Å². The van der Waals surface area contributed by atoms with E-state index in [0.717, 1.165) is 11.7 Å². The summed E-state index contributed by atoms with van der Waals surface area (Å²) in [5.74, 6) is 2.21. The van der Waals surface area contributed by atoms with Gasteiger partial charge in [0.1, 0.15) is 5.82 Å². The van der Waals surface area contributed by atoms with Crippen LogP contribution in [0.2, 0.25) is 0 Å². The standard InChI is InChI=1S/C9H12N2.C4H8/c1-2-6-10-9(5-1)11-7-3-4-8-11;1-4-2-3-4/h1-2,5-6H,3-4,7-8H2;4H,2-3H2,1H3. The van der Waals surface area contributed by atoms with Crippen molar-refractivity contribution in [3.05, 3.63) is 24.4 Å². The monoisotopic (exact) mass is 204 g/mol. The summed E-state index contributed by atoms with van der Waals surface area (Å²) in [6, 6.07) is 6.07. The Morgan fingerprint density at radius 2 is 1.87 bits per heavy atom. The number of pyridine rings is 1. The first kappa shape index (κ1) is 10.5. The molecule has 2 heteroatoms. The lowest BCUT2D eigenvalue weighted by Gasteiger charge is -2.14. The second-order valence-electron chi connectivity index (χ2n) is 4.56. The average molecular weight is 204 g/mol. The molecule has 1 aromatic rings. The molecule has 0 amide bonds. The predicted octanol–water partition coefficient (Wildman–Crippen LogP) is 3.10. The Balaban J connectivity index is 0.000000179. The topological polar surface area (TPSA) is 16.1 Å². The summed E-state index contributed by atoms with van der Waals surface area (Å²) >= 11 is 0. The molecule has 3 rings (SSSR count). The van der Waals surface area contributed by atoms with Crippen LogP contribution >= 0.6 is 0 Å². The van der Waals surface area contributed by atoms with Crippen molar-refractivity contribution in [2.75, 3.05) is 18.0 Å². The molecule has 1 aromatic heterocycles. The van der Waals surface area contributed by atoms with Gasteiger partial charge in [0.2, 0.25) is 0 Å². The van der Waals surface area contributed by atoms with Crippen molar-refractivity contribution in [3.8, 4) is 0 Å². The molecule has 0 spiro atoms. The van der Waals surface area contributed by atoms with Crippen molar-refractivity contribution in [3.63, 3.8) is 0 Å². The van der Waals surface area contributed by atoms with Gasteiger partial charge in [-0.1, -0.05) is 25.8 Å². The Morgan fingerprint density at radius 3 is 2.33 bits per heavy atom. The Morgan fingerprint density at radius 1 is 1.20 bits per heavy atom. The van der Waals surface area contributed by atoms with E-state index < -0.39 is 0 Å². The van der Waals surface area contributed by atoms with E-state index in [1.54, 1.807) is 0 Å². The van der Waals surface area contributed by atoms with E-state index in [1.807, 2.05) is 18.3 Å². The van der Waals surface area contributed by atoms with Gasteiger partial charge in [0.05, 0.1) is 0 Å². The van der Waals surface area contributed by atoms with Crippen LogP contribution in [0.15, 0.2) is 24.4 Å². The third-order valence-electron chi connectivity index (χ3n) is 2.95. The Hall–Kier alpha value is -1.05. The fourth-order valence-corrected chi connectivity index (χ4v) is 1.65. The molecule has 1 aliphatic heterocycles. The molecule has 0 bridgehead atoms. The molecule has 0 aromatic carbocycles. The highest BCUT2D eigenvalue weighted by Gasteiger charge is 2.12.